The largest absolute Gasteiger partial charge is 0.293 e. The van der Waals surface area contributed by atoms with Gasteiger partial charge in [-0.05, 0) is 56.3 Å². The van der Waals surface area contributed by atoms with Crippen LogP contribution in [-0.4, -0.2) is 18.0 Å². The third kappa shape index (κ3) is 2.43. The van der Waals surface area contributed by atoms with Crippen LogP contribution in [0.15, 0.2) is 30.3 Å². The second-order valence-corrected chi connectivity index (χ2v) is 7.53. The van der Waals surface area contributed by atoms with Gasteiger partial charge < -0.3 is 0 Å². The van der Waals surface area contributed by atoms with Gasteiger partial charge in [0.05, 0.1) is 5.54 Å². The van der Waals surface area contributed by atoms with Gasteiger partial charge in [-0.25, -0.2) is 0 Å². The third-order valence-corrected chi connectivity index (χ3v) is 6.50. The van der Waals surface area contributed by atoms with Crippen molar-refractivity contribution >= 4 is 21.4 Å². The van der Waals surface area contributed by atoms with Gasteiger partial charge in [-0.2, -0.15) is 0 Å². The van der Waals surface area contributed by atoms with Crippen LogP contribution in [0, 0.1) is 0 Å². The Morgan fingerprint density at radius 2 is 1.86 bits per heavy atom. The molecule has 0 spiro atoms. The number of hydrogen-bond acceptors (Lipinski definition) is 2. The van der Waals surface area contributed by atoms with Crippen molar-refractivity contribution in [1.29, 1.82) is 0 Å². The molecule has 0 amide bonds. The molecule has 0 radical (unpaired) electrons. The monoisotopic (exact) mass is 303 g/mol. The summed E-state index contributed by atoms with van der Waals surface area (Å²) in [4.78, 5) is 4.10. The van der Waals surface area contributed by atoms with Crippen LogP contribution in [0.3, 0.4) is 0 Å². The molecule has 2 fully saturated rings. The molecule has 2 heterocycles. The van der Waals surface area contributed by atoms with Crippen LogP contribution in [-0.2, 0) is 5.54 Å². The first-order valence-corrected chi connectivity index (χ1v) is 9.09. The lowest BCUT2D eigenvalue weighted by molar-refractivity contribution is 0.0333. The molecule has 21 heavy (non-hydrogen) atoms. The summed E-state index contributed by atoms with van der Waals surface area (Å²) >= 11 is 1.91. The number of thiophene rings is 1. The topological polar surface area (TPSA) is 3.24 Å². The minimum Gasteiger partial charge on any atom is -0.293 e. The number of nitrogens with zero attached hydrogens (tertiary/aromatic N) is 1. The fourth-order valence-electron chi connectivity index (χ4n) is 4.02. The molecule has 1 aromatic heterocycles. The zero-order chi connectivity index (χ0) is 15.9. The van der Waals surface area contributed by atoms with Gasteiger partial charge in [0.15, 0.2) is 0 Å². The summed E-state index contributed by atoms with van der Waals surface area (Å²) in [6.45, 7) is 2.31. The molecule has 1 aromatic carbocycles. The summed E-state index contributed by atoms with van der Waals surface area (Å²) in [5, 5.41) is 1.33. The summed E-state index contributed by atoms with van der Waals surface area (Å²) in [5.74, 6) is 0. The summed E-state index contributed by atoms with van der Waals surface area (Å²) in [6, 6.07) is 11.0. The Labute approximate surface area is 134 Å². The van der Waals surface area contributed by atoms with E-state index in [0.717, 1.165) is 32.4 Å². The maximum atomic E-state index is 8.43. The lowest BCUT2D eigenvalue weighted by atomic mass is 9.78. The van der Waals surface area contributed by atoms with Gasteiger partial charge in [-0.3, -0.25) is 4.90 Å². The zero-order valence-corrected chi connectivity index (χ0v) is 13.4. The Kier molecular flexibility index (Phi) is 3.19. The van der Waals surface area contributed by atoms with Gasteiger partial charge in [-0.15, -0.1) is 11.3 Å². The summed E-state index contributed by atoms with van der Waals surface area (Å²) in [6.07, 6.45) is 6.16. The lowest BCUT2D eigenvalue weighted by Crippen LogP contribution is -2.49. The number of piperidine rings is 1. The van der Waals surface area contributed by atoms with Gasteiger partial charge in [-0.1, -0.05) is 43.8 Å². The van der Waals surface area contributed by atoms with Gasteiger partial charge in [0.1, 0.15) is 0 Å². The third-order valence-electron chi connectivity index (χ3n) is 5.19. The van der Waals surface area contributed by atoms with Gasteiger partial charge in [0, 0.05) is 12.3 Å². The number of hydrogen-bond donors (Lipinski definition) is 0. The SMILES string of the molecule is [3H]C1CCC(c2cc3ccccc3s2)(N2CCCCC2)CC1[3H]. The number of rotatable bonds is 2. The molecule has 1 saturated heterocycles. The van der Waals surface area contributed by atoms with E-state index in [-0.39, 0.29) is 18.3 Å². The molecule has 2 aromatic rings. The predicted molar refractivity (Wildman–Crippen MR) is 92.0 cm³/mol. The standard InChI is InChI=1S/C19H25NS/c1-5-11-19(12-6-1,20-13-7-2-8-14-20)18-15-16-9-3-4-10-17(16)21-18/h3-4,9-10,15H,1-2,5-8,11-14H2/i1T,5T. The zero-order valence-electron chi connectivity index (χ0n) is 14.6. The predicted octanol–water partition coefficient (Wildman–Crippen LogP) is 5.55. The first kappa shape index (κ1) is 11.7. The Bertz CT molecular complexity index is 646. The highest BCUT2D eigenvalue weighted by atomic mass is 32.1. The molecule has 2 aliphatic rings. The molecule has 4 rings (SSSR count). The molecule has 3 unspecified atom stereocenters. The van der Waals surface area contributed by atoms with Crippen molar-refractivity contribution in [2.24, 2.45) is 0 Å². The van der Waals surface area contributed by atoms with E-state index >= 15 is 0 Å². The second-order valence-electron chi connectivity index (χ2n) is 6.44. The van der Waals surface area contributed by atoms with Gasteiger partial charge in [0.25, 0.3) is 0 Å². The molecule has 112 valence electrons. The molecule has 0 N–H and O–H groups in total. The smallest absolute Gasteiger partial charge is 0.0554 e. The molecule has 1 aliphatic carbocycles. The van der Waals surface area contributed by atoms with Crippen molar-refractivity contribution in [3.8, 4) is 0 Å². The van der Waals surface area contributed by atoms with Gasteiger partial charge >= 0.3 is 0 Å². The normalized spacial score (nSPS) is 36.4. The van der Waals surface area contributed by atoms with Crippen molar-refractivity contribution < 1.29 is 2.74 Å². The minimum atomic E-state index is -0.254. The fourth-order valence-corrected chi connectivity index (χ4v) is 5.34. The fraction of sp³-hybridized carbons (Fsp3) is 0.579. The number of likely N-dealkylation sites (tertiary alicyclic amines) is 1. The van der Waals surface area contributed by atoms with Crippen molar-refractivity contribution in [2.75, 3.05) is 13.1 Å². The van der Waals surface area contributed by atoms with E-state index in [9.17, 15) is 0 Å². The Balaban J connectivity index is 1.77. The molecule has 3 atom stereocenters. The average molecular weight is 303 g/mol. The maximum Gasteiger partial charge on any atom is 0.0554 e. The molecular formula is C19H25NS. The van der Waals surface area contributed by atoms with Crippen LogP contribution in [0.5, 0.6) is 0 Å². The van der Waals surface area contributed by atoms with Crippen LogP contribution in [0.1, 0.15) is 58.9 Å². The second kappa shape index (κ2) is 5.73. The maximum absolute atomic E-state index is 8.43. The highest BCUT2D eigenvalue weighted by Gasteiger charge is 2.40. The number of benzene rings is 1. The molecule has 1 aliphatic heterocycles. The molecule has 0 bridgehead atoms. The molecular weight excluding hydrogens is 274 g/mol. The first-order chi connectivity index (χ1) is 11.2. The van der Waals surface area contributed by atoms with Crippen LogP contribution >= 0.6 is 11.3 Å². The van der Waals surface area contributed by atoms with Crippen molar-refractivity contribution in [3.05, 3.63) is 35.2 Å². The van der Waals surface area contributed by atoms with Crippen molar-refractivity contribution in [3.63, 3.8) is 0 Å². The average Bonchev–Trinajstić information content (AvgIpc) is 3.03. The van der Waals surface area contributed by atoms with Crippen LogP contribution < -0.4 is 0 Å². The summed E-state index contributed by atoms with van der Waals surface area (Å²) in [7, 11) is 0. The summed E-state index contributed by atoms with van der Waals surface area (Å²) < 4.78 is 17.9. The Morgan fingerprint density at radius 3 is 2.67 bits per heavy atom. The van der Waals surface area contributed by atoms with Gasteiger partial charge in [0.2, 0.25) is 0 Å². The van der Waals surface area contributed by atoms with E-state index < -0.39 is 0 Å². The van der Waals surface area contributed by atoms with E-state index in [1.54, 1.807) is 0 Å². The molecule has 2 heteroatoms. The first-order valence-electron chi connectivity index (χ1n) is 9.43. The van der Waals surface area contributed by atoms with Crippen LogP contribution in [0.25, 0.3) is 10.1 Å². The van der Waals surface area contributed by atoms with E-state index in [4.69, 9.17) is 2.74 Å². The van der Waals surface area contributed by atoms with E-state index in [0.29, 0.717) is 0 Å². The summed E-state index contributed by atoms with van der Waals surface area (Å²) in [5.41, 5.74) is 0.00801. The van der Waals surface area contributed by atoms with Crippen molar-refractivity contribution in [1.82, 2.24) is 4.90 Å². The highest BCUT2D eigenvalue weighted by Crippen LogP contribution is 2.47. The van der Waals surface area contributed by atoms with E-state index in [1.165, 1.54) is 34.2 Å². The number of fused-ring (bicyclic) bond motifs is 1. The van der Waals surface area contributed by atoms with Crippen LogP contribution in [0.4, 0.5) is 0 Å². The molecule has 1 saturated carbocycles. The molecule has 1 nitrogen and oxygen atoms in total. The quantitative estimate of drug-likeness (QED) is 0.703. The minimum absolute atomic E-state index is 0.00801. The highest BCUT2D eigenvalue weighted by molar-refractivity contribution is 7.19. The van der Waals surface area contributed by atoms with E-state index in [1.807, 2.05) is 11.3 Å². The lowest BCUT2D eigenvalue weighted by Gasteiger charge is -2.48. The Morgan fingerprint density at radius 1 is 1.00 bits per heavy atom. The Hall–Kier alpha value is -0.860. The van der Waals surface area contributed by atoms with Crippen LogP contribution in [0.2, 0.25) is 0 Å². The van der Waals surface area contributed by atoms with E-state index in [2.05, 4.69) is 35.2 Å². The van der Waals surface area contributed by atoms with Crippen molar-refractivity contribution in [2.45, 2.75) is 56.9 Å².